The van der Waals surface area contributed by atoms with Gasteiger partial charge in [-0.15, -0.1) is 22.7 Å². The molecule has 0 saturated heterocycles. The van der Waals surface area contributed by atoms with E-state index in [0.29, 0.717) is 0 Å². The Balaban J connectivity index is 1.04. The minimum absolute atomic E-state index is 1.23. The maximum Gasteiger partial charge on any atom is 0.0448 e. The minimum Gasteiger partial charge on any atom is -0.134 e. The Bertz CT molecular complexity index is 3440. The van der Waals surface area contributed by atoms with Crippen molar-refractivity contribution in [2.45, 2.75) is 0 Å². The average molecular weight is 719 g/mol. The first-order chi connectivity index (χ1) is 26.8. The third-order valence-corrected chi connectivity index (χ3v) is 13.8. The number of fused-ring (bicyclic) bond motifs is 12. The molecule has 0 aliphatic heterocycles. The van der Waals surface area contributed by atoms with Crippen LogP contribution in [0.5, 0.6) is 0 Å². The number of hydrogen-bond acceptors (Lipinski definition) is 2. The summed E-state index contributed by atoms with van der Waals surface area (Å²) in [4.78, 5) is 0. The standard InChI is InChI=1S/C52H30S2/c1-3-16-36-31(11-1)13-10-22-39(36)49-42-20-7-5-18-40(42)48(41-19-6-8-21-43(41)49)35-15-9-14-33(29-35)34-24-25-38-44-27-28-46-50(52(44)54-47(38)30-34)45-26-23-32-12-2-4-17-37(32)51(45)53-46/h1-30H. The summed E-state index contributed by atoms with van der Waals surface area (Å²) in [5.41, 5.74) is 7.58. The molecule has 12 aromatic rings. The molecule has 0 amide bonds. The highest BCUT2D eigenvalue weighted by atomic mass is 32.1. The third kappa shape index (κ3) is 4.36. The van der Waals surface area contributed by atoms with Crippen molar-refractivity contribution in [2.75, 3.05) is 0 Å². The summed E-state index contributed by atoms with van der Waals surface area (Å²) in [7, 11) is 0. The molecule has 2 heteroatoms. The Morgan fingerprint density at radius 2 is 0.833 bits per heavy atom. The number of hydrogen-bond donors (Lipinski definition) is 0. The fourth-order valence-corrected chi connectivity index (χ4v) is 11.6. The lowest BCUT2D eigenvalue weighted by Gasteiger charge is -2.19. The largest absolute Gasteiger partial charge is 0.134 e. The molecular weight excluding hydrogens is 689 g/mol. The molecule has 0 saturated carbocycles. The lowest BCUT2D eigenvalue weighted by Crippen LogP contribution is -1.92. The third-order valence-electron chi connectivity index (χ3n) is 11.4. The van der Waals surface area contributed by atoms with Gasteiger partial charge in [0.15, 0.2) is 0 Å². The molecule has 0 spiro atoms. The van der Waals surface area contributed by atoms with E-state index in [4.69, 9.17) is 0 Å². The maximum absolute atomic E-state index is 2.41. The van der Waals surface area contributed by atoms with Crippen molar-refractivity contribution in [1.82, 2.24) is 0 Å². The van der Waals surface area contributed by atoms with Gasteiger partial charge < -0.3 is 0 Å². The zero-order valence-electron chi connectivity index (χ0n) is 29.1. The molecule has 0 fully saturated rings. The van der Waals surface area contributed by atoms with Crippen LogP contribution in [0, 0.1) is 0 Å². The van der Waals surface area contributed by atoms with Crippen LogP contribution in [-0.4, -0.2) is 0 Å². The molecule has 0 N–H and O–H groups in total. The molecule has 10 aromatic carbocycles. The Labute approximate surface area is 319 Å². The highest BCUT2D eigenvalue weighted by molar-refractivity contribution is 7.30. The summed E-state index contributed by atoms with van der Waals surface area (Å²) in [6.07, 6.45) is 0. The Morgan fingerprint density at radius 1 is 0.278 bits per heavy atom. The monoisotopic (exact) mass is 718 g/mol. The topological polar surface area (TPSA) is 0 Å². The second kappa shape index (κ2) is 11.6. The quantitative estimate of drug-likeness (QED) is 0.160. The van der Waals surface area contributed by atoms with Crippen molar-refractivity contribution in [3.8, 4) is 33.4 Å². The van der Waals surface area contributed by atoms with Gasteiger partial charge in [-0.1, -0.05) is 164 Å². The van der Waals surface area contributed by atoms with Crippen LogP contribution in [0.15, 0.2) is 182 Å². The van der Waals surface area contributed by atoms with Crippen LogP contribution in [0.25, 0.3) is 117 Å². The van der Waals surface area contributed by atoms with E-state index in [-0.39, 0.29) is 0 Å². The van der Waals surface area contributed by atoms with Crippen LogP contribution in [0.3, 0.4) is 0 Å². The first kappa shape index (κ1) is 30.2. The van der Waals surface area contributed by atoms with Gasteiger partial charge in [0.05, 0.1) is 0 Å². The van der Waals surface area contributed by atoms with Gasteiger partial charge in [0.2, 0.25) is 0 Å². The fourth-order valence-electron chi connectivity index (χ4n) is 9.03. The minimum atomic E-state index is 1.23. The summed E-state index contributed by atoms with van der Waals surface area (Å²) in [5.74, 6) is 0. The predicted molar refractivity (Wildman–Crippen MR) is 239 cm³/mol. The molecule has 0 bridgehead atoms. The van der Waals surface area contributed by atoms with E-state index in [2.05, 4.69) is 182 Å². The van der Waals surface area contributed by atoms with Gasteiger partial charge in [-0.2, -0.15) is 0 Å². The van der Waals surface area contributed by atoms with Gasteiger partial charge in [-0.25, -0.2) is 0 Å². The summed E-state index contributed by atoms with van der Waals surface area (Å²) >= 11 is 3.86. The van der Waals surface area contributed by atoms with Crippen LogP contribution >= 0.6 is 22.7 Å². The van der Waals surface area contributed by atoms with Crippen molar-refractivity contribution in [1.29, 1.82) is 0 Å². The smallest absolute Gasteiger partial charge is 0.0448 e. The number of thiophene rings is 2. The molecule has 0 radical (unpaired) electrons. The predicted octanol–water partition coefficient (Wildman–Crippen LogP) is 16.0. The van der Waals surface area contributed by atoms with E-state index < -0.39 is 0 Å². The highest BCUT2D eigenvalue weighted by Gasteiger charge is 2.19. The van der Waals surface area contributed by atoms with E-state index in [9.17, 15) is 0 Å². The van der Waals surface area contributed by atoms with Crippen LogP contribution in [0.1, 0.15) is 0 Å². The van der Waals surface area contributed by atoms with Crippen molar-refractivity contribution >= 4 is 106 Å². The van der Waals surface area contributed by atoms with Gasteiger partial charge in [-0.3, -0.25) is 0 Å². The van der Waals surface area contributed by atoms with Gasteiger partial charge in [0.25, 0.3) is 0 Å². The molecule has 2 heterocycles. The molecule has 250 valence electrons. The zero-order chi connectivity index (χ0) is 35.3. The molecule has 0 unspecified atom stereocenters. The Kier molecular flexibility index (Phi) is 6.48. The first-order valence-corrected chi connectivity index (χ1v) is 20.1. The SMILES string of the molecule is c1cc(-c2ccc3c(c2)sc2c3ccc3sc4c5ccccc5ccc4c32)cc(-c2c3ccccc3c(-c3cccc4ccccc34)c3ccccc23)c1. The Morgan fingerprint density at radius 3 is 1.61 bits per heavy atom. The molecule has 0 aliphatic rings. The van der Waals surface area contributed by atoms with Crippen molar-refractivity contribution < 1.29 is 0 Å². The lowest BCUT2D eigenvalue weighted by atomic mass is 9.84. The second-order valence-corrected chi connectivity index (χ2v) is 16.4. The Hall–Kier alpha value is -6.32. The first-order valence-electron chi connectivity index (χ1n) is 18.5. The maximum atomic E-state index is 2.41. The molecule has 0 atom stereocenters. The molecule has 0 nitrogen and oxygen atoms in total. The van der Waals surface area contributed by atoms with Gasteiger partial charge in [0.1, 0.15) is 0 Å². The van der Waals surface area contributed by atoms with E-state index in [1.807, 2.05) is 22.7 Å². The van der Waals surface area contributed by atoms with Crippen molar-refractivity contribution in [2.24, 2.45) is 0 Å². The van der Waals surface area contributed by atoms with E-state index >= 15 is 0 Å². The molecule has 2 aromatic heterocycles. The van der Waals surface area contributed by atoms with Crippen molar-refractivity contribution in [3.63, 3.8) is 0 Å². The van der Waals surface area contributed by atoms with E-state index in [1.165, 1.54) is 117 Å². The van der Waals surface area contributed by atoms with Gasteiger partial charge >= 0.3 is 0 Å². The molecule has 12 rings (SSSR count). The molecule has 0 aliphatic carbocycles. The van der Waals surface area contributed by atoms with Gasteiger partial charge in [0, 0.05) is 40.3 Å². The summed E-state index contributed by atoms with van der Waals surface area (Å²) in [6.45, 7) is 0. The number of rotatable bonds is 3. The van der Waals surface area contributed by atoms with E-state index in [1.54, 1.807) is 0 Å². The van der Waals surface area contributed by atoms with Crippen molar-refractivity contribution in [3.05, 3.63) is 182 Å². The van der Waals surface area contributed by atoms with Crippen LogP contribution in [0.2, 0.25) is 0 Å². The summed E-state index contributed by atoms with van der Waals surface area (Å²) in [5, 5.41) is 15.7. The van der Waals surface area contributed by atoms with Crippen LogP contribution in [-0.2, 0) is 0 Å². The van der Waals surface area contributed by atoms with Crippen LogP contribution in [0.4, 0.5) is 0 Å². The zero-order valence-corrected chi connectivity index (χ0v) is 30.8. The molecule has 54 heavy (non-hydrogen) atoms. The lowest BCUT2D eigenvalue weighted by molar-refractivity contribution is 1.63. The summed E-state index contributed by atoms with van der Waals surface area (Å²) < 4.78 is 5.46. The summed E-state index contributed by atoms with van der Waals surface area (Å²) in [6, 6.07) is 67.7. The fraction of sp³-hybridized carbons (Fsp3) is 0. The van der Waals surface area contributed by atoms with Crippen LogP contribution < -0.4 is 0 Å². The highest BCUT2D eigenvalue weighted by Crippen LogP contribution is 2.48. The number of benzene rings is 10. The average Bonchev–Trinajstić information content (AvgIpc) is 3.81. The molecular formula is C52H30S2. The van der Waals surface area contributed by atoms with E-state index in [0.717, 1.165) is 0 Å². The normalized spacial score (nSPS) is 12.1. The second-order valence-electron chi connectivity index (χ2n) is 14.3. The van der Waals surface area contributed by atoms with Gasteiger partial charge in [-0.05, 0) is 94.7 Å².